The molecule has 92 valence electrons. The first-order valence-corrected chi connectivity index (χ1v) is 7.63. The van der Waals surface area contributed by atoms with E-state index in [1.165, 1.54) is 5.56 Å². The predicted molar refractivity (Wildman–Crippen MR) is 80.6 cm³/mol. The van der Waals surface area contributed by atoms with Gasteiger partial charge in [-0.3, -0.25) is 0 Å². The predicted octanol–water partition coefficient (Wildman–Crippen LogP) is 4.16. The maximum Gasteiger partial charge on any atom is 0.179 e. The fourth-order valence-corrected chi connectivity index (χ4v) is 3.22. The summed E-state index contributed by atoms with van der Waals surface area (Å²) in [6.45, 7) is 0.851. The highest BCUT2D eigenvalue weighted by Crippen LogP contribution is 2.17. The standard InChI is InChI=1S/C12H10BrN3S2/c13-9-5-10-11(14-6-9)16(12(17)15-10)3-1-8-2-4-18-7-8/h2,4-7H,1,3H2,(H,15,17). The second-order valence-corrected chi connectivity index (χ2v) is 6.07. The van der Waals surface area contributed by atoms with E-state index in [4.69, 9.17) is 12.2 Å². The second-order valence-electron chi connectivity index (χ2n) is 3.99. The molecule has 0 amide bonds. The summed E-state index contributed by atoms with van der Waals surface area (Å²) in [7, 11) is 0. The molecule has 18 heavy (non-hydrogen) atoms. The van der Waals surface area contributed by atoms with Gasteiger partial charge in [0.1, 0.15) is 0 Å². The molecule has 0 aliphatic rings. The fraction of sp³-hybridized carbons (Fsp3) is 0.167. The van der Waals surface area contributed by atoms with Gasteiger partial charge in [-0.1, -0.05) is 0 Å². The van der Waals surface area contributed by atoms with Crippen molar-refractivity contribution >= 4 is 50.6 Å². The van der Waals surface area contributed by atoms with E-state index < -0.39 is 0 Å². The van der Waals surface area contributed by atoms with Crippen molar-refractivity contribution in [1.82, 2.24) is 14.5 Å². The number of fused-ring (bicyclic) bond motifs is 1. The summed E-state index contributed by atoms with van der Waals surface area (Å²) in [5.41, 5.74) is 3.23. The summed E-state index contributed by atoms with van der Waals surface area (Å²) in [5, 5.41) is 4.27. The van der Waals surface area contributed by atoms with Crippen LogP contribution in [0.25, 0.3) is 11.2 Å². The number of aromatic nitrogens is 3. The molecule has 0 saturated heterocycles. The summed E-state index contributed by atoms with van der Waals surface area (Å²) in [4.78, 5) is 7.61. The van der Waals surface area contributed by atoms with Crippen LogP contribution >= 0.6 is 39.5 Å². The summed E-state index contributed by atoms with van der Waals surface area (Å²) in [6.07, 6.45) is 2.77. The lowest BCUT2D eigenvalue weighted by molar-refractivity contribution is 0.701. The van der Waals surface area contributed by atoms with Gasteiger partial charge >= 0.3 is 0 Å². The van der Waals surface area contributed by atoms with Gasteiger partial charge in [-0.15, -0.1) is 0 Å². The molecule has 0 bridgehead atoms. The molecule has 0 spiro atoms. The molecule has 3 nitrogen and oxygen atoms in total. The minimum atomic E-state index is 0.728. The molecule has 0 aromatic carbocycles. The Labute approximate surface area is 122 Å². The molecular weight excluding hydrogens is 330 g/mol. The van der Waals surface area contributed by atoms with Crippen molar-refractivity contribution in [3.63, 3.8) is 0 Å². The third-order valence-electron chi connectivity index (χ3n) is 2.78. The van der Waals surface area contributed by atoms with Crippen LogP contribution < -0.4 is 0 Å². The van der Waals surface area contributed by atoms with Crippen molar-refractivity contribution in [3.8, 4) is 0 Å². The number of nitrogens with zero attached hydrogens (tertiary/aromatic N) is 2. The summed E-state index contributed by atoms with van der Waals surface area (Å²) < 4.78 is 3.73. The third-order valence-corrected chi connectivity index (χ3v) is 4.27. The van der Waals surface area contributed by atoms with E-state index in [2.05, 4.69) is 47.3 Å². The van der Waals surface area contributed by atoms with E-state index in [9.17, 15) is 0 Å². The van der Waals surface area contributed by atoms with Crippen molar-refractivity contribution < 1.29 is 0 Å². The molecule has 1 N–H and O–H groups in total. The van der Waals surface area contributed by atoms with Crippen molar-refractivity contribution in [3.05, 3.63) is 43.9 Å². The summed E-state index contributed by atoms with van der Waals surface area (Å²) >= 11 is 10.5. The zero-order valence-corrected chi connectivity index (χ0v) is 12.6. The van der Waals surface area contributed by atoms with Crippen molar-refractivity contribution in [1.29, 1.82) is 0 Å². The molecule has 0 atom stereocenters. The van der Waals surface area contributed by atoms with Gasteiger partial charge < -0.3 is 9.55 Å². The van der Waals surface area contributed by atoms with Gasteiger partial charge in [0.25, 0.3) is 0 Å². The number of halogens is 1. The van der Waals surface area contributed by atoms with E-state index in [1.807, 2.05) is 6.07 Å². The number of hydrogen-bond acceptors (Lipinski definition) is 3. The average Bonchev–Trinajstić information content (AvgIpc) is 2.93. The van der Waals surface area contributed by atoms with Crippen LogP contribution in [0.2, 0.25) is 0 Å². The number of hydrogen-bond donors (Lipinski definition) is 1. The van der Waals surface area contributed by atoms with E-state index in [0.717, 1.165) is 33.4 Å². The minimum absolute atomic E-state index is 0.728. The van der Waals surface area contributed by atoms with Crippen molar-refractivity contribution in [2.24, 2.45) is 0 Å². The first kappa shape index (κ1) is 12.1. The molecular formula is C12H10BrN3S2. The zero-order valence-electron chi connectivity index (χ0n) is 9.39. The number of thiophene rings is 1. The molecule has 0 unspecified atom stereocenters. The minimum Gasteiger partial charge on any atom is -0.329 e. The molecule has 3 aromatic rings. The lowest BCUT2D eigenvalue weighted by atomic mass is 10.2. The smallest absolute Gasteiger partial charge is 0.179 e. The molecule has 3 aromatic heterocycles. The van der Waals surface area contributed by atoms with Crippen LogP contribution in [0.4, 0.5) is 0 Å². The number of aryl methyl sites for hydroxylation is 2. The largest absolute Gasteiger partial charge is 0.329 e. The highest BCUT2D eigenvalue weighted by Gasteiger charge is 2.06. The number of rotatable bonds is 3. The van der Waals surface area contributed by atoms with E-state index in [-0.39, 0.29) is 0 Å². The average molecular weight is 340 g/mol. The van der Waals surface area contributed by atoms with E-state index >= 15 is 0 Å². The first-order chi connectivity index (χ1) is 8.74. The Balaban J connectivity index is 1.96. The summed E-state index contributed by atoms with van der Waals surface area (Å²) in [5.74, 6) is 0. The second kappa shape index (κ2) is 4.95. The number of pyridine rings is 1. The fourth-order valence-electron chi connectivity index (χ4n) is 1.90. The Morgan fingerprint density at radius 2 is 2.39 bits per heavy atom. The number of H-pyrrole nitrogens is 1. The van der Waals surface area contributed by atoms with Gasteiger partial charge in [-0.25, -0.2) is 4.98 Å². The molecule has 0 saturated carbocycles. The van der Waals surface area contributed by atoms with Crippen LogP contribution in [-0.4, -0.2) is 14.5 Å². The summed E-state index contributed by atoms with van der Waals surface area (Å²) in [6, 6.07) is 4.15. The highest BCUT2D eigenvalue weighted by molar-refractivity contribution is 9.10. The number of imidazole rings is 1. The molecule has 0 radical (unpaired) electrons. The van der Waals surface area contributed by atoms with Gasteiger partial charge in [0.2, 0.25) is 0 Å². The van der Waals surface area contributed by atoms with Gasteiger partial charge in [-0.05, 0) is 63.0 Å². The Morgan fingerprint density at radius 1 is 1.50 bits per heavy atom. The topological polar surface area (TPSA) is 33.6 Å². The normalized spacial score (nSPS) is 11.2. The molecule has 6 heteroatoms. The molecule has 0 aliphatic carbocycles. The van der Waals surface area contributed by atoms with Crippen LogP contribution in [0.1, 0.15) is 5.56 Å². The Kier molecular flexibility index (Phi) is 3.32. The van der Waals surface area contributed by atoms with Crippen LogP contribution in [0.5, 0.6) is 0 Å². The maximum absolute atomic E-state index is 5.35. The van der Waals surface area contributed by atoms with Gasteiger partial charge in [0.05, 0.1) is 5.52 Å². The van der Waals surface area contributed by atoms with Crippen LogP contribution in [0.15, 0.2) is 33.6 Å². The van der Waals surface area contributed by atoms with Gasteiger partial charge in [0, 0.05) is 17.2 Å². The quantitative estimate of drug-likeness (QED) is 0.727. The number of aromatic amines is 1. The first-order valence-electron chi connectivity index (χ1n) is 5.49. The van der Waals surface area contributed by atoms with Crippen LogP contribution in [-0.2, 0) is 13.0 Å². The van der Waals surface area contributed by atoms with Crippen molar-refractivity contribution in [2.45, 2.75) is 13.0 Å². The van der Waals surface area contributed by atoms with Gasteiger partial charge in [-0.2, -0.15) is 11.3 Å². The Morgan fingerprint density at radius 3 is 3.17 bits per heavy atom. The molecule has 0 aliphatic heterocycles. The third kappa shape index (κ3) is 2.28. The lowest BCUT2D eigenvalue weighted by Gasteiger charge is -2.02. The molecule has 0 fully saturated rings. The zero-order chi connectivity index (χ0) is 12.5. The van der Waals surface area contributed by atoms with Crippen LogP contribution in [0.3, 0.4) is 0 Å². The lowest BCUT2D eigenvalue weighted by Crippen LogP contribution is -2.01. The monoisotopic (exact) mass is 339 g/mol. The Bertz CT molecular complexity index is 727. The Hall–Kier alpha value is -0.980. The van der Waals surface area contributed by atoms with Gasteiger partial charge in [0.15, 0.2) is 10.4 Å². The SMILES string of the molecule is S=c1[nH]c2cc(Br)cnc2n1CCc1ccsc1. The van der Waals surface area contributed by atoms with Crippen molar-refractivity contribution in [2.75, 3.05) is 0 Å². The molecule has 3 rings (SSSR count). The van der Waals surface area contributed by atoms with E-state index in [0.29, 0.717) is 0 Å². The highest BCUT2D eigenvalue weighted by atomic mass is 79.9. The number of nitrogens with one attached hydrogen (secondary N) is 1. The van der Waals surface area contributed by atoms with E-state index in [1.54, 1.807) is 17.5 Å². The molecule has 3 heterocycles. The van der Waals surface area contributed by atoms with Crippen LogP contribution in [0, 0.1) is 4.77 Å². The maximum atomic E-state index is 5.35.